The summed E-state index contributed by atoms with van der Waals surface area (Å²) < 4.78 is 27.0. The second-order valence-corrected chi connectivity index (χ2v) is 10.1. The summed E-state index contributed by atoms with van der Waals surface area (Å²) in [6, 6.07) is 12.2. The molecule has 0 aromatic heterocycles. The Balaban J connectivity index is 1.49. The van der Waals surface area contributed by atoms with Crippen molar-refractivity contribution in [2.45, 2.75) is 31.1 Å². The van der Waals surface area contributed by atoms with Crippen LogP contribution in [0.1, 0.15) is 24.0 Å². The Hall–Kier alpha value is -1.60. The molecule has 1 fully saturated rings. The number of carbonyl (C=O) groups is 1. The molecular formula is C21H24Cl2N2O3S. The van der Waals surface area contributed by atoms with Crippen LogP contribution in [-0.4, -0.2) is 38.3 Å². The zero-order valence-electron chi connectivity index (χ0n) is 16.2. The Bertz CT molecular complexity index is 950. The molecule has 0 unspecified atom stereocenters. The molecule has 0 saturated carbocycles. The van der Waals surface area contributed by atoms with Gasteiger partial charge in [-0.2, -0.15) is 4.31 Å². The van der Waals surface area contributed by atoms with Crippen molar-refractivity contribution in [1.29, 1.82) is 0 Å². The number of hydrogen-bond donors (Lipinski definition) is 1. The molecule has 156 valence electrons. The second-order valence-electron chi connectivity index (χ2n) is 7.31. The number of carbonyl (C=O) groups excluding carboxylic acids is 1. The van der Waals surface area contributed by atoms with Gasteiger partial charge >= 0.3 is 0 Å². The van der Waals surface area contributed by atoms with Crippen LogP contribution in [0, 0.1) is 12.8 Å². The van der Waals surface area contributed by atoms with Crippen molar-refractivity contribution in [1.82, 2.24) is 9.62 Å². The van der Waals surface area contributed by atoms with Crippen LogP contribution < -0.4 is 5.32 Å². The zero-order chi connectivity index (χ0) is 21.0. The first-order valence-corrected chi connectivity index (χ1v) is 11.7. The lowest BCUT2D eigenvalue weighted by molar-refractivity contribution is -0.126. The van der Waals surface area contributed by atoms with Crippen LogP contribution in [0.5, 0.6) is 0 Å². The first kappa shape index (κ1) is 22.1. The van der Waals surface area contributed by atoms with Gasteiger partial charge in [0, 0.05) is 35.6 Å². The minimum Gasteiger partial charge on any atom is -0.356 e. The maximum Gasteiger partial charge on any atom is 0.243 e. The van der Waals surface area contributed by atoms with Crippen molar-refractivity contribution in [3.05, 3.63) is 63.6 Å². The van der Waals surface area contributed by atoms with Crippen LogP contribution in [0.15, 0.2) is 47.4 Å². The maximum atomic E-state index is 12.8. The molecule has 0 aliphatic carbocycles. The summed E-state index contributed by atoms with van der Waals surface area (Å²) in [6.45, 7) is 3.09. The van der Waals surface area contributed by atoms with Gasteiger partial charge in [-0.05, 0) is 62.1 Å². The Morgan fingerprint density at radius 1 is 1.07 bits per heavy atom. The molecule has 1 N–H and O–H groups in total. The third-order valence-electron chi connectivity index (χ3n) is 5.12. The van der Waals surface area contributed by atoms with Gasteiger partial charge in [0.15, 0.2) is 0 Å². The van der Waals surface area contributed by atoms with Crippen molar-refractivity contribution in [2.75, 3.05) is 19.6 Å². The van der Waals surface area contributed by atoms with Gasteiger partial charge in [-0.25, -0.2) is 8.42 Å². The van der Waals surface area contributed by atoms with Crippen molar-refractivity contribution in [2.24, 2.45) is 5.92 Å². The van der Waals surface area contributed by atoms with E-state index in [1.165, 1.54) is 4.31 Å². The first-order valence-electron chi connectivity index (χ1n) is 9.55. The van der Waals surface area contributed by atoms with Crippen molar-refractivity contribution >= 4 is 39.1 Å². The highest BCUT2D eigenvalue weighted by Gasteiger charge is 2.31. The Morgan fingerprint density at radius 3 is 2.24 bits per heavy atom. The number of benzene rings is 2. The van der Waals surface area contributed by atoms with Crippen LogP contribution in [-0.2, 0) is 21.2 Å². The lowest BCUT2D eigenvalue weighted by Crippen LogP contribution is -2.43. The number of aryl methyl sites for hydroxylation is 1. The van der Waals surface area contributed by atoms with Crippen molar-refractivity contribution in [3.63, 3.8) is 0 Å². The molecule has 0 radical (unpaired) electrons. The average molecular weight is 455 g/mol. The fourth-order valence-corrected chi connectivity index (χ4v) is 5.49. The van der Waals surface area contributed by atoms with Crippen LogP contribution in [0.3, 0.4) is 0 Å². The second kappa shape index (κ2) is 9.47. The highest BCUT2D eigenvalue weighted by molar-refractivity contribution is 7.89. The van der Waals surface area contributed by atoms with Gasteiger partial charge in [0.2, 0.25) is 15.9 Å². The van der Waals surface area contributed by atoms with E-state index in [1.54, 1.807) is 30.3 Å². The summed E-state index contributed by atoms with van der Waals surface area (Å²) in [7, 11) is -3.51. The number of amides is 1. The summed E-state index contributed by atoms with van der Waals surface area (Å²) in [5.41, 5.74) is 1.97. The standard InChI is InChI=1S/C21H24Cl2N2O3S/c1-15-2-4-20(5-3-15)29(27,28)25-10-7-17(8-11-25)21(26)24-9-6-16-12-18(22)14-19(23)13-16/h2-5,12-14,17H,6-11H2,1H3,(H,24,26). The molecule has 1 aliphatic heterocycles. The SMILES string of the molecule is Cc1ccc(S(=O)(=O)N2CCC(C(=O)NCCc3cc(Cl)cc(Cl)c3)CC2)cc1. The molecule has 1 amide bonds. The lowest BCUT2D eigenvalue weighted by Gasteiger charge is -2.30. The molecule has 2 aromatic rings. The van der Waals surface area contributed by atoms with E-state index in [2.05, 4.69) is 5.32 Å². The van der Waals surface area contributed by atoms with Crippen molar-refractivity contribution < 1.29 is 13.2 Å². The van der Waals surface area contributed by atoms with Gasteiger partial charge in [-0.1, -0.05) is 40.9 Å². The molecule has 8 heteroatoms. The Kier molecular flexibility index (Phi) is 7.22. The number of sulfonamides is 1. The number of nitrogens with one attached hydrogen (secondary N) is 1. The fourth-order valence-electron chi connectivity index (χ4n) is 3.45. The third kappa shape index (κ3) is 5.72. The van der Waals surface area contributed by atoms with Gasteiger partial charge < -0.3 is 5.32 Å². The minimum absolute atomic E-state index is 0.0366. The minimum atomic E-state index is -3.51. The number of halogens is 2. The summed E-state index contributed by atoms with van der Waals surface area (Å²) in [4.78, 5) is 12.8. The molecular weight excluding hydrogens is 431 g/mol. The predicted octanol–water partition coefficient (Wildman–Crippen LogP) is 4.06. The van der Waals surface area contributed by atoms with E-state index >= 15 is 0 Å². The lowest BCUT2D eigenvalue weighted by atomic mass is 9.97. The maximum absolute atomic E-state index is 12.8. The molecule has 0 atom stereocenters. The van der Waals surface area contributed by atoms with E-state index in [1.807, 2.05) is 19.1 Å². The van der Waals surface area contributed by atoms with Gasteiger partial charge in [0.1, 0.15) is 0 Å². The monoisotopic (exact) mass is 454 g/mol. The van der Waals surface area contributed by atoms with Gasteiger partial charge in [-0.15, -0.1) is 0 Å². The predicted molar refractivity (Wildman–Crippen MR) is 116 cm³/mol. The van der Waals surface area contributed by atoms with Crippen LogP contribution in [0.2, 0.25) is 10.0 Å². The topological polar surface area (TPSA) is 66.5 Å². The molecule has 1 heterocycles. The van der Waals surface area contributed by atoms with E-state index in [0.29, 0.717) is 53.8 Å². The van der Waals surface area contributed by atoms with Crippen LogP contribution in [0.25, 0.3) is 0 Å². The molecule has 5 nitrogen and oxygen atoms in total. The third-order valence-corrected chi connectivity index (χ3v) is 7.47. The van der Waals surface area contributed by atoms with E-state index in [4.69, 9.17) is 23.2 Å². The molecule has 0 bridgehead atoms. The molecule has 1 aliphatic rings. The van der Waals surface area contributed by atoms with Crippen molar-refractivity contribution in [3.8, 4) is 0 Å². The smallest absolute Gasteiger partial charge is 0.243 e. The summed E-state index contributed by atoms with van der Waals surface area (Å²) in [6.07, 6.45) is 1.66. The summed E-state index contributed by atoms with van der Waals surface area (Å²) in [5, 5.41) is 4.08. The number of hydrogen-bond acceptors (Lipinski definition) is 3. The quantitative estimate of drug-likeness (QED) is 0.715. The number of rotatable bonds is 6. The molecule has 3 rings (SSSR count). The highest BCUT2D eigenvalue weighted by atomic mass is 35.5. The first-order chi connectivity index (χ1) is 13.8. The molecule has 1 saturated heterocycles. The number of piperidine rings is 1. The van der Waals surface area contributed by atoms with E-state index in [9.17, 15) is 13.2 Å². The summed E-state index contributed by atoms with van der Waals surface area (Å²) in [5.74, 6) is -0.215. The Morgan fingerprint density at radius 2 is 1.66 bits per heavy atom. The number of nitrogens with zero attached hydrogens (tertiary/aromatic N) is 1. The normalized spacial score (nSPS) is 16.0. The zero-order valence-corrected chi connectivity index (χ0v) is 18.5. The van der Waals surface area contributed by atoms with E-state index < -0.39 is 10.0 Å². The van der Waals surface area contributed by atoms with Crippen LogP contribution >= 0.6 is 23.2 Å². The highest BCUT2D eigenvalue weighted by Crippen LogP contribution is 2.24. The molecule has 0 spiro atoms. The molecule has 29 heavy (non-hydrogen) atoms. The molecule has 2 aromatic carbocycles. The Labute approximate surface area is 182 Å². The van der Waals surface area contributed by atoms with E-state index in [0.717, 1.165) is 11.1 Å². The van der Waals surface area contributed by atoms with Crippen LogP contribution in [0.4, 0.5) is 0 Å². The fraction of sp³-hybridized carbons (Fsp3) is 0.381. The van der Waals surface area contributed by atoms with E-state index in [-0.39, 0.29) is 11.8 Å². The summed E-state index contributed by atoms with van der Waals surface area (Å²) >= 11 is 12.0. The average Bonchev–Trinajstić information content (AvgIpc) is 2.67. The van der Waals surface area contributed by atoms with Gasteiger partial charge in [0.05, 0.1) is 4.90 Å². The van der Waals surface area contributed by atoms with Gasteiger partial charge in [0.25, 0.3) is 0 Å². The van der Waals surface area contributed by atoms with Gasteiger partial charge in [-0.3, -0.25) is 4.79 Å². The largest absolute Gasteiger partial charge is 0.356 e.